The van der Waals surface area contributed by atoms with Crippen LogP contribution in [0.3, 0.4) is 0 Å². The molecule has 0 spiro atoms. The number of aliphatic hydroxyl groups excluding tert-OH is 1. The molecular weight excluding hydrogens is 346 g/mol. The highest BCUT2D eigenvalue weighted by atomic mass is 16.3. The van der Waals surface area contributed by atoms with E-state index in [1.165, 1.54) is 0 Å². The topological polar surface area (TPSA) is 101 Å². The quantitative estimate of drug-likeness (QED) is 0.616. The highest BCUT2D eigenvalue weighted by Crippen LogP contribution is 2.25. The van der Waals surface area contributed by atoms with E-state index in [0.29, 0.717) is 25.2 Å². The summed E-state index contributed by atoms with van der Waals surface area (Å²) in [5.74, 6) is 0.714. The Bertz CT molecular complexity index is 935. The lowest BCUT2D eigenvalue weighted by atomic mass is 10.2. The molecule has 142 valence electrons. The Kier molecular flexibility index (Phi) is 4.76. The van der Waals surface area contributed by atoms with E-state index in [-0.39, 0.29) is 12.0 Å². The number of carbonyl (C=O) groups is 1. The van der Waals surface area contributed by atoms with Gasteiger partial charge >= 0.3 is 0 Å². The van der Waals surface area contributed by atoms with Gasteiger partial charge < -0.3 is 19.9 Å². The number of β-amino-alcohol motifs (C(OH)–C–C–N with tert-alkyl or cyclic N) is 1. The summed E-state index contributed by atoms with van der Waals surface area (Å²) in [5, 5.41) is 20.3. The van der Waals surface area contributed by atoms with Crippen molar-refractivity contribution in [2.45, 2.75) is 25.5 Å². The van der Waals surface area contributed by atoms with E-state index in [0.717, 1.165) is 36.4 Å². The lowest BCUT2D eigenvalue weighted by Crippen LogP contribution is -2.25. The van der Waals surface area contributed by atoms with Crippen molar-refractivity contribution in [1.82, 2.24) is 29.9 Å². The summed E-state index contributed by atoms with van der Waals surface area (Å²) in [7, 11) is 1.96. The van der Waals surface area contributed by atoms with E-state index in [1.54, 1.807) is 17.1 Å². The molecular formula is C18H23N7O2. The van der Waals surface area contributed by atoms with Crippen LogP contribution in [0.2, 0.25) is 0 Å². The number of imidazole rings is 1. The molecule has 1 saturated heterocycles. The van der Waals surface area contributed by atoms with E-state index in [1.807, 2.05) is 29.8 Å². The van der Waals surface area contributed by atoms with Crippen molar-refractivity contribution < 1.29 is 9.90 Å². The average molecular weight is 369 g/mol. The van der Waals surface area contributed by atoms with Gasteiger partial charge in [-0.15, -0.1) is 5.10 Å². The molecule has 4 rings (SSSR count). The first-order valence-electron chi connectivity index (χ1n) is 9.13. The molecule has 2 aromatic heterocycles. The number of aliphatic hydroxyl groups is 1. The minimum absolute atomic E-state index is 0.112. The number of hydrogen-bond donors (Lipinski definition) is 2. The van der Waals surface area contributed by atoms with Gasteiger partial charge in [0.25, 0.3) is 5.91 Å². The van der Waals surface area contributed by atoms with Crippen molar-refractivity contribution in [2.75, 3.05) is 24.5 Å². The van der Waals surface area contributed by atoms with Crippen LogP contribution in [0.1, 0.15) is 23.2 Å². The maximum absolute atomic E-state index is 12.4. The lowest BCUT2D eigenvalue weighted by Gasteiger charge is -2.16. The van der Waals surface area contributed by atoms with Gasteiger partial charge in [0.05, 0.1) is 23.3 Å². The third-order valence-electron chi connectivity index (χ3n) is 4.89. The zero-order valence-corrected chi connectivity index (χ0v) is 15.2. The third kappa shape index (κ3) is 3.63. The summed E-state index contributed by atoms with van der Waals surface area (Å²) in [4.78, 5) is 19.2. The average Bonchev–Trinajstić information content (AvgIpc) is 3.39. The smallest absolute Gasteiger partial charge is 0.251 e. The van der Waals surface area contributed by atoms with Crippen LogP contribution in [-0.4, -0.2) is 61.3 Å². The standard InChI is InChI=1S/C18H23N7O2/c1-23-16-4-3-13(17(27)19-6-2-8-25-10-7-20-22-25)11-15(16)21-18(23)24-9-5-14(26)12-24/h3-4,7,10-11,14,26H,2,5-6,8-9,12H2,1H3,(H,19,27)/t14-/m0/s1. The highest BCUT2D eigenvalue weighted by molar-refractivity contribution is 5.97. The predicted octanol–water partition coefficient (Wildman–Crippen LogP) is 0.556. The van der Waals surface area contributed by atoms with Gasteiger partial charge in [0.1, 0.15) is 0 Å². The number of anilines is 1. The van der Waals surface area contributed by atoms with Gasteiger partial charge in [0.15, 0.2) is 0 Å². The molecule has 1 amide bonds. The Morgan fingerprint density at radius 3 is 3.04 bits per heavy atom. The van der Waals surface area contributed by atoms with Gasteiger partial charge in [-0.3, -0.25) is 9.48 Å². The van der Waals surface area contributed by atoms with Gasteiger partial charge in [-0.2, -0.15) is 0 Å². The molecule has 9 heteroatoms. The number of aryl methyl sites for hydroxylation is 2. The normalized spacial score (nSPS) is 17.0. The molecule has 1 aliphatic heterocycles. The minimum Gasteiger partial charge on any atom is -0.391 e. The number of rotatable bonds is 6. The van der Waals surface area contributed by atoms with Crippen LogP contribution >= 0.6 is 0 Å². The molecule has 0 unspecified atom stereocenters. The monoisotopic (exact) mass is 369 g/mol. The number of carbonyl (C=O) groups excluding carboxylic acids is 1. The van der Waals surface area contributed by atoms with Crippen LogP contribution in [-0.2, 0) is 13.6 Å². The number of fused-ring (bicyclic) bond motifs is 1. The number of nitrogens with zero attached hydrogens (tertiary/aromatic N) is 6. The van der Waals surface area contributed by atoms with Crippen molar-refractivity contribution in [3.05, 3.63) is 36.2 Å². The molecule has 0 aliphatic carbocycles. The molecule has 0 saturated carbocycles. The van der Waals surface area contributed by atoms with Crippen molar-refractivity contribution in [1.29, 1.82) is 0 Å². The van der Waals surface area contributed by atoms with Crippen LogP contribution in [0.5, 0.6) is 0 Å². The van der Waals surface area contributed by atoms with Crippen LogP contribution in [0, 0.1) is 0 Å². The van der Waals surface area contributed by atoms with Gasteiger partial charge in [-0.1, -0.05) is 5.21 Å². The van der Waals surface area contributed by atoms with Crippen LogP contribution in [0.25, 0.3) is 11.0 Å². The number of amides is 1. The molecule has 3 heterocycles. The Labute approximate surface area is 156 Å². The van der Waals surface area contributed by atoms with E-state index in [9.17, 15) is 9.90 Å². The van der Waals surface area contributed by atoms with E-state index < -0.39 is 0 Å². The molecule has 3 aromatic rings. The first-order chi connectivity index (χ1) is 13.1. The largest absolute Gasteiger partial charge is 0.391 e. The number of hydrogen-bond acceptors (Lipinski definition) is 6. The molecule has 1 atom stereocenters. The molecule has 1 aliphatic rings. The van der Waals surface area contributed by atoms with Crippen molar-refractivity contribution in [2.24, 2.45) is 7.05 Å². The van der Waals surface area contributed by atoms with Crippen LogP contribution < -0.4 is 10.2 Å². The maximum atomic E-state index is 12.4. The third-order valence-corrected chi connectivity index (χ3v) is 4.89. The molecule has 27 heavy (non-hydrogen) atoms. The number of benzene rings is 1. The number of aromatic nitrogens is 5. The Hall–Kier alpha value is -2.94. The number of nitrogens with one attached hydrogen (secondary N) is 1. The van der Waals surface area contributed by atoms with E-state index in [4.69, 9.17) is 0 Å². The summed E-state index contributed by atoms with van der Waals surface area (Å²) >= 11 is 0. The summed E-state index contributed by atoms with van der Waals surface area (Å²) in [5.41, 5.74) is 2.34. The highest BCUT2D eigenvalue weighted by Gasteiger charge is 2.24. The van der Waals surface area contributed by atoms with Crippen molar-refractivity contribution in [3.63, 3.8) is 0 Å². The lowest BCUT2D eigenvalue weighted by molar-refractivity contribution is 0.0952. The summed E-state index contributed by atoms with van der Waals surface area (Å²) in [6, 6.07) is 5.56. The van der Waals surface area contributed by atoms with Crippen molar-refractivity contribution >= 4 is 22.9 Å². The first-order valence-corrected chi connectivity index (χ1v) is 9.13. The van der Waals surface area contributed by atoms with Gasteiger partial charge in [0, 0.05) is 45.0 Å². The molecule has 9 nitrogen and oxygen atoms in total. The Morgan fingerprint density at radius 2 is 2.30 bits per heavy atom. The first kappa shape index (κ1) is 17.5. The summed E-state index contributed by atoms with van der Waals surface area (Å²) in [6.07, 6.45) is 4.67. The van der Waals surface area contributed by atoms with Gasteiger partial charge in [-0.05, 0) is 31.0 Å². The molecule has 0 bridgehead atoms. The Morgan fingerprint density at radius 1 is 1.41 bits per heavy atom. The van der Waals surface area contributed by atoms with Gasteiger partial charge in [-0.25, -0.2) is 4.98 Å². The predicted molar refractivity (Wildman–Crippen MR) is 101 cm³/mol. The molecule has 0 radical (unpaired) electrons. The minimum atomic E-state index is -0.302. The molecule has 2 N–H and O–H groups in total. The van der Waals surface area contributed by atoms with E-state index >= 15 is 0 Å². The fraction of sp³-hybridized carbons (Fsp3) is 0.444. The SMILES string of the molecule is Cn1c(N2CC[C@H](O)C2)nc2cc(C(=O)NCCCn3ccnn3)ccc21. The van der Waals surface area contributed by atoms with Gasteiger partial charge in [0.2, 0.25) is 5.95 Å². The summed E-state index contributed by atoms with van der Waals surface area (Å²) < 4.78 is 3.75. The molecule has 1 aromatic carbocycles. The summed E-state index contributed by atoms with van der Waals surface area (Å²) in [6.45, 7) is 2.66. The van der Waals surface area contributed by atoms with E-state index in [2.05, 4.69) is 25.5 Å². The maximum Gasteiger partial charge on any atom is 0.251 e. The molecule has 1 fully saturated rings. The van der Waals surface area contributed by atoms with Crippen LogP contribution in [0.4, 0.5) is 5.95 Å². The fourth-order valence-corrected chi connectivity index (χ4v) is 3.43. The van der Waals surface area contributed by atoms with Crippen LogP contribution in [0.15, 0.2) is 30.6 Å². The fourth-order valence-electron chi connectivity index (χ4n) is 3.43. The zero-order chi connectivity index (χ0) is 18.8. The zero-order valence-electron chi connectivity index (χ0n) is 15.2. The second-order valence-corrected chi connectivity index (χ2v) is 6.84. The van der Waals surface area contributed by atoms with Crippen molar-refractivity contribution in [3.8, 4) is 0 Å². The second kappa shape index (κ2) is 7.36. The second-order valence-electron chi connectivity index (χ2n) is 6.84. The Balaban J connectivity index is 1.42.